The Labute approximate surface area is 105 Å². The molecule has 0 saturated carbocycles. The van der Waals surface area contributed by atoms with Gasteiger partial charge in [0.15, 0.2) is 5.69 Å². The van der Waals surface area contributed by atoms with Gasteiger partial charge in [0, 0.05) is 11.5 Å². The fraction of sp³-hybridized carbons (Fsp3) is 0.500. The Hall–Kier alpha value is -1.98. The second-order valence-corrected chi connectivity index (χ2v) is 5.28. The molecule has 0 aromatic carbocycles. The number of aromatic nitrogens is 4. The van der Waals surface area contributed by atoms with Crippen molar-refractivity contribution in [2.45, 2.75) is 34.1 Å². The van der Waals surface area contributed by atoms with Crippen LogP contribution in [0.15, 0.2) is 10.6 Å². The van der Waals surface area contributed by atoms with Crippen LogP contribution in [0.4, 0.5) is 0 Å². The molecule has 2 heterocycles. The lowest BCUT2D eigenvalue weighted by Crippen LogP contribution is -2.22. The van der Waals surface area contributed by atoms with Gasteiger partial charge in [0.1, 0.15) is 17.4 Å². The molecule has 0 saturated heterocycles. The van der Waals surface area contributed by atoms with E-state index < -0.39 is 0 Å². The third kappa shape index (κ3) is 2.64. The van der Waals surface area contributed by atoms with Crippen molar-refractivity contribution in [2.24, 2.45) is 5.41 Å². The van der Waals surface area contributed by atoms with Gasteiger partial charge in [-0.15, -0.1) is 0 Å². The molecule has 6 heteroatoms. The lowest BCUT2D eigenvalue weighted by molar-refractivity contribution is -0.125. The van der Waals surface area contributed by atoms with Crippen molar-refractivity contribution in [1.29, 1.82) is 0 Å². The summed E-state index contributed by atoms with van der Waals surface area (Å²) in [5, 5.41) is 10.6. The van der Waals surface area contributed by atoms with Crippen LogP contribution in [0.3, 0.4) is 0 Å². The van der Waals surface area contributed by atoms with E-state index in [1.807, 2.05) is 20.8 Å². The highest BCUT2D eigenvalue weighted by Crippen LogP contribution is 2.18. The summed E-state index contributed by atoms with van der Waals surface area (Å²) in [6.07, 6.45) is 0.243. The van der Waals surface area contributed by atoms with Gasteiger partial charge >= 0.3 is 0 Å². The van der Waals surface area contributed by atoms with Crippen molar-refractivity contribution in [1.82, 2.24) is 20.3 Å². The van der Waals surface area contributed by atoms with E-state index in [9.17, 15) is 4.79 Å². The summed E-state index contributed by atoms with van der Waals surface area (Å²) >= 11 is 0. The number of rotatable bonds is 3. The van der Waals surface area contributed by atoms with E-state index in [1.54, 1.807) is 13.0 Å². The van der Waals surface area contributed by atoms with E-state index in [4.69, 9.17) is 4.52 Å². The maximum Gasteiger partial charge on any atom is 0.203 e. The van der Waals surface area contributed by atoms with Crippen LogP contribution in [0.25, 0.3) is 11.5 Å². The fourth-order valence-electron chi connectivity index (χ4n) is 1.38. The molecule has 1 N–H and O–H groups in total. The molecule has 0 aliphatic carbocycles. The highest BCUT2D eigenvalue weighted by atomic mass is 16.5. The number of carbonyl (C=O) groups is 1. The van der Waals surface area contributed by atoms with E-state index >= 15 is 0 Å². The predicted octanol–water partition coefficient (Wildman–Crippen LogP) is 1.93. The van der Waals surface area contributed by atoms with Gasteiger partial charge in [-0.1, -0.05) is 25.9 Å². The number of nitrogens with one attached hydrogen (secondary N) is 1. The van der Waals surface area contributed by atoms with Crippen LogP contribution >= 0.6 is 0 Å². The van der Waals surface area contributed by atoms with Gasteiger partial charge in [0.25, 0.3) is 0 Å². The molecule has 0 amide bonds. The van der Waals surface area contributed by atoms with Gasteiger partial charge in [0.05, 0.1) is 6.42 Å². The van der Waals surface area contributed by atoms with E-state index in [2.05, 4.69) is 20.3 Å². The van der Waals surface area contributed by atoms with Gasteiger partial charge in [0.2, 0.25) is 5.82 Å². The predicted molar refractivity (Wildman–Crippen MR) is 64.8 cm³/mol. The zero-order chi connectivity index (χ0) is 13.3. The maximum atomic E-state index is 11.9. The molecule has 0 aliphatic heterocycles. The standard InChI is InChI=1S/C12H16N4O2/c1-7-5-8(16-18-7)11-13-10(14-15-11)6-9(17)12(2,3)4/h5H,6H2,1-4H3,(H,13,14,15). The maximum absolute atomic E-state index is 11.9. The highest BCUT2D eigenvalue weighted by molar-refractivity contribution is 5.85. The Kier molecular flexibility index (Phi) is 3.02. The number of aryl methyl sites for hydroxylation is 1. The number of hydrogen-bond donors (Lipinski definition) is 1. The number of aromatic amines is 1. The Morgan fingerprint density at radius 1 is 1.44 bits per heavy atom. The van der Waals surface area contributed by atoms with E-state index in [-0.39, 0.29) is 17.6 Å². The third-order valence-corrected chi connectivity index (χ3v) is 2.55. The van der Waals surface area contributed by atoms with Crippen LogP contribution < -0.4 is 0 Å². The van der Waals surface area contributed by atoms with Crippen molar-refractivity contribution in [3.8, 4) is 11.5 Å². The first kappa shape index (κ1) is 12.5. The average Bonchev–Trinajstić information content (AvgIpc) is 2.85. The van der Waals surface area contributed by atoms with Gasteiger partial charge in [-0.3, -0.25) is 9.89 Å². The molecule has 0 unspecified atom stereocenters. The molecule has 2 aromatic rings. The van der Waals surface area contributed by atoms with E-state index in [0.717, 1.165) is 0 Å². The summed E-state index contributed by atoms with van der Waals surface area (Å²) in [5.74, 6) is 1.80. The van der Waals surface area contributed by atoms with Gasteiger partial charge < -0.3 is 4.52 Å². The number of H-pyrrole nitrogens is 1. The first-order valence-electron chi connectivity index (χ1n) is 5.74. The summed E-state index contributed by atoms with van der Waals surface area (Å²) in [5.41, 5.74) is 0.190. The quantitative estimate of drug-likeness (QED) is 0.897. The SMILES string of the molecule is Cc1cc(-c2n[nH]c(CC(=O)C(C)(C)C)n2)no1. The van der Waals surface area contributed by atoms with Crippen molar-refractivity contribution in [3.63, 3.8) is 0 Å². The molecule has 0 radical (unpaired) electrons. The molecule has 2 aromatic heterocycles. The first-order valence-corrected chi connectivity index (χ1v) is 5.74. The highest BCUT2D eigenvalue weighted by Gasteiger charge is 2.23. The minimum absolute atomic E-state index is 0.113. The van der Waals surface area contributed by atoms with Crippen molar-refractivity contribution in [2.75, 3.05) is 0 Å². The third-order valence-electron chi connectivity index (χ3n) is 2.55. The van der Waals surface area contributed by atoms with Crippen molar-refractivity contribution < 1.29 is 9.32 Å². The van der Waals surface area contributed by atoms with Gasteiger partial charge in [-0.05, 0) is 6.92 Å². The van der Waals surface area contributed by atoms with Gasteiger partial charge in [-0.2, -0.15) is 5.10 Å². The fourth-order valence-corrected chi connectivity index (χ4v) is 1.38. The second-order valence-electron chi connectivity index (χ2n) is 5.28. The van der Waals surface area contributed by atoms with E-state index in [0.29, 0.717) is 23.1 Å². The average molecular weight is 248 g/mol. The van der Waals surface area contributed by atoms with Crippen LogP contribution in [-0.4, -0.2) is 26.1 Å². The van der Waals surface area contributed by atoms with Crippen molar-refractivity contribution >= 4 is 5.78 Å². The minimum atomic E-state index is -0.378. The van der Waals surface area contributed by atoms with Crippen LogP contribution in [0.2, 0.25) is 0 Å². The minimum Gasteiger partial charge on any atom is -0.361 e. The Balaban J connectivity index is 2.14. The number of hydrogen-bond acceptors (Lipinski definition) is 5. The molecule has 2 rings (SSSR count). The molecule has 0 bridgehead atoms. The molecular formula is C12H16N4O2. The molecular weight excluding hydrogens is 232 g/mol. The topological polar surface area (TPSA) is 84.7 Å². The molecule has 6 nitrogen and oxygen atoms in total. The Bertz CT molecular complexity index is 563. The zero-order valence-corrected chi connectivity index (χ0v) is 10.9. The number of Topliss-reactive ketones (excluding diaryl/α,β-unsaturated/α-hetero) is 1. The Morgan fingerprint density at radius 3 is 2.72 bits per heavy atom. The van der Waals surface area contributed by atoms with Crippen LogP contribution in [-0.2, 0) is 11.2 Å². The van der Waals surface area contributed by atoms with Crippen molar-refractivity contribution in [3.05, 3.63) is 17.7 Å². The molecule has 96 valence electrons. The number of nitrogens with zero attached hydrogens (tertiary/aromatic N) is 3. The first-order chi connectivity index (χ1) is 8.36. The molecule has 0 spiro atoms. The lowest BCUT2D eigenvalue weighted by Gasteiger charge is -2.14. The number of carbonyl (C=O) groups excluding carboxylic acids is 1. The second kappa shape index (κ2) is 4.36. The smallest absolute Gasteiger partial charge is 0.203 e. The van der Waals surface area contributed by atoms with E-state index in [1.165, 1.54) is 0 Å². The molecule has 18 heavy (non-hydrogen) atoms. The lowest BCUT2D eigenvalue weighted by atomic mass is 9.89. The summed E-state index contributed by atoms with van der Waals surface area (Å²) in [6.45, 7) is 7.45. The summed E-state index contributed by atoms with van der Waals surface area (Å²) in [6, 6.07) is 1.75. The normalized spacial score (nSPS) is 11.8. The molecule has 0 atom stereocenters. The summed E-state index contributed by atoms with van der Waals surface area (Å²) in [4.78, 5) is 16.1. The summed E-state index contributed by atoms with van der Waals surface area (Å²) < 4.78 is 4.95. The van der Waals surface area contributed by atoms with Crippen LogP contribution in [0, 0.1) is 12.3 Å². The largest absolute Gasteiger partial charge is 0.361 e. The molecule has 0 fully saturated rings. The Morgan fingerprint density at radius 2 is 2.17 bits per heavy atom. The summed E-state index contributed by atoms with van der Waals surface area (Å²) in [7, 11) is 0. The van der Waals surface area contributed by atoms with Crippen LogP contribution in [0.5, 0.6) is 0 Å². The van der Waals surface area contributed by atoms with Gasteiger partial charge in [-0.25, -0.2) is 4.98 Å². The monoisotopic (exact) mass is 248 g/mol. The van der Waals surface area contributed by atoms with Crippen LogP contribution in [0.1, 0.15) is 32.4 Å². The zero-order valence-electron chi connectivity index (χ0n) is 10.9. The molecule has 0 aliphatic rings. The number of ketones is 1.